The van der Waals surface area contributed by atoms with Gasteiger partial charge in [0.15, 0.2) is 4.74 Å². The van der Waals surface area contributed by atoms with Gasteiger partial charge in [0.05, 0.1) is 7.11 Å². The van der Waals surface area contributed by atoms with Gasteiger partial charge in [0.25, 0.3) is 0 Å². The maximum atomic E-state index is 11.1. The standard InChI is InChI=1S/C5H4Br2N2O2S/c1-11-4(10)2-3(6)12-9-5(7)8-2/h1H3,(H,8,9). The van der Waals surface area contributed by atoms with Crippen molar-refractivity contribution in [2.24, 2.45) is 4.40 Å². The molecule has 0 aliphatic carbocycles. The van der Waals surface area contributed by atoms with Crippen LogP contribution in [0.15, 0.2) is 13.9 Å². The maximum Gasteiger partial charge on any atom is 0.356 e. The molecule has 0 amide bonds. The van der Waals surface area contributed by atoms with Crippen LogP contribution in [0.3, 0.4) is 0 Å². The van der Waals surface area contributed by atoms with Crippen LogP contribution in [-0.2, 0) is 9.53 Å². The number of ether oxygens (including phenoxy) is 1. The SMILES string of the molecule is COC(=O)C1=C(Br)SN=C(Br)N1. The first kappa shape index (κ1) is 10.1. The Morgan fingerprint density at radius 1 is 1.67 bits per heavy atom. The second-order valence-electron chi connectivity index (χ2n) is 1.74. The topological polar surface area (TPSA) is 50.7 Å². The van der Waals surface area contributed by atoms with Crippen molar-refractivity contribution in [1.29, 1.82) is 0 Å². The Kier molecular flexibility index (Phi) is 3.60. The largest absolute Gasteiger partial charge is 0.464 e. The molecule has 0 aromatic heterocycles. The lowest BCUT2D eigenvalue weighted by molar-refractivity contribution is -0.136. The van der Waals surface area contributed by atoms with E-state index in [2.05, 4.69) is 46.3 Å². The molecule has 0 radical (unpaired) electrons. The van der Waals surface area contributed by atoms with Crippen LogP contribution < -0.4 is 5.32 Å². The predicted octanol–water partition coefficient (Wildman–Crippen LogP) is 1.73. The lowest BCUT2D eigenvalue weighted by atomic mass is 10.5. The Hall–Kier alpha value is -0.0100. The minimum Gasteiger partial charge on any atom is -0.464 e. The number of halogens is 2. The van der Waals surface area contributed by atoms with Crippen LogP contribution >= 0.6 is 43.8 Å². The average molecular weight is 316 g/mol. The zero-order valence-electron chi connectivity index (χ0n) is 5.93. The predicted molar refractivity (Wildman–Crippen MR) is 55.1 cm³/mol. The fourth-order valence-electron chi connectivity index (χ4n) is 0.534. The number of methoxy groups -OCH3 is 1. The van der Waals surface area contributed by atoms with Crippen LogP contribution in [0.2, 0.25) is 0 Å². The number of nitrogens with zero attached hydrogens (tertiary/aromatic N) is 1. The van der Waals surface area contributed by atoms with Crippen LogP contribution in [0.1, 0.15) is 0 Å². The zero-order chi connectivity index (χ0) is 9.14. The number of amidine groups is 1. The normalized spacial score (nSPS) is 16.8. The van der Waals surface area contributed by atoms with Gasteiger partial charge < -0.3 is 10.1 Å². The molecule has 66 valence electrons. The van der Waals surface area contributed by atoms with Gasteiger partial charge in [0.1, 0.15) is 9.51 Å². The van der Waals surface area contributed by atoms with E-state index in [4.69, 9.17) is 0 Å². The molecule has 1 aliphatic rings. The lowest BCUT2D eigenvalue weighted by Crippen LogP contribution is -2.26. The molecule has 0 aromatic rings. The molecule has 0 atom stereocenters. The summed E-state index contributed by atoms with van der Waals surface area (Å²) in [6, 6.07) is 0. The van der Waals surface area contributed by atoms with Crippen molar-refractivity contribution in [3.05, 3.63) is 9.51 Å². The van der Waals surface area contributed by atoms with E-state index in [0.29, 0.717) is 14.3 Å². The summed E-state index contributed by atoms with van der Waals surface area (Å²) in [6.45, 7) is 0. The summed E-state index contributed by atoms with van der Waals surface area (Å²) in [4.78, 5) is 11.1. The first-order valence-corrected chi connectivity index (χ1v) is 5.16. The first-order chi connectivity index (χ1) is 5.65. The quantitative estimate of drug-likeness (QED) is 0.455. The van der Waals surface area contributed by atoms with E-state index in [1.165, 1.54) is 7.11 Å². The number of nitrogens with one attached hydrogen (secondary N) is 1. The van der Waals surface area contributed by atoms with Gasteiger partial charge >= 0.3 is 5.97 Å². The third-order valence-electron chi connectivity index (χ3n) is 1.02. The Morgan fingerprint density at radius 2 is 2.33 bits per heavy atom. The molecule has 4 nitrogen and oxygen atoms in total. The minimum atomic E-state index is -0.429. The Labute approximate surface area is 90.2 Å². The van der Waals surface area contributed by atoms with E-state index in [1.54, 1.807) is 0 Å². The van der Waals surface area contributed by atoms with E-state index in [-0.39, 0.29) is 0 Å². The third kappa shape index (κ3) is 2.24. The van der Waals surface area contributed by atoms with Gasteiger partial charge in [-0.3, -0.25) is 0 Å². The Bertz CT molecular complexity index is 277. The van der Waals surface area contributed by atoms with Crippen molar-refractivity contribution >= 4 is 54.5 Å². The van der Waals surface area contributed by atoms with E-state index >= 15 is 0 Å². The van der Waals surface area contributed by atoms with Gasteiger partial charge in [-0.25, -0.2) is 4.79 Å². The molecule has 0 unspecified atom stereocenters. The van der Waals surface area contributed by atoms with Gasteiger partial charge in [-0.15, -0.1) is 0 Å². The second kappa shape index (κ2) is 4.29. The third-order valence-corrected chi connectivity index (χ3v) is 3.10. The van der Waals surface area contributed by atoms with Crippen molar-refractivity contribution in [2.45, 2.75) is 0 Å². The van der Waals surface area contributed by atoms with E-state index in [1.807, 2.05) is 0 Å². The van der Waals surface area contributed by atoms with E-state index in [0.717, 1.165) is 11.9 Å². The molecule has 1 N–H and O–H groups in total. The highest BCUT2D eigenvalue weighted by molar-refractivity contribution is 9.18. The first-order valence-electron chi connectivity index (χ1n) is 2.80. The summed E-state index contributed by atoms with van der Waals surface area (Å²) >= 11 is 7.44. The highest BCUT2D eigenvalue weighted by Gasteiger charge is 2.19. The van der Waals surface area contributed by atoms with Crippen molar-refractivity contribution < 1.29 is 9.53 Å². The molecule has 0 saturated carbocycles. The summed E-state index contributed by atoms with van der Waals surface area (Å²) in [5, 5.41) is 2.72. The number of esters is 1. The van der Waals surface area contributed by atoms with Gasteiger partial charge in [0, 0.05) is 11.9 Å². The second-order valence-corrected chi connectivity index (χ2v) is 4.58. The van der Waals surface area contributed by atoms with E-state index in [9.17, 15) is 4.79 Å². The van der Waals surface area contributed by atoms with Gasteiger partial charge in [-0.05, 0) is 31.9 Å². The fourth-order valence-corrected chi connectivity index (χ4v) is 1.86. The van der Waals surface area contributed by atoms with Crippen molar-refractivity contribution in [3.63, 3.8) is 0 Å². The molecular weight excluding hydrogens is 312 g/mol. The number of hydrogen-bond donors (Lipinski definition) is 1. The zero-order valence-corrected chi connectivity index (χ0v) is 9.92. The maximum absolute atomic E-state index is 11.1. The Balaban J connectivity index is 2.81. The van der Waals surface area contributed by atoms with Gasteiger partial charge in [0.2, 0.25) is 0 Å². The minimum absolute atomic E-state index is 0.351. The molecule has 0 fully saturated rings. The van der Waals surface area contributed by atoms with Gasteiger partial charge in [-0.2, -0.15) is 4.40 Å². The van der Waals surface area contributed by atoms with E-state index < -0.39 is 5.97 Å². The number of hydrogen-bond acceptors (Lipinski definition) is 5. The van der Waals surface area contributed by atoms with Crippen molar-refractivity contribution in [2.75, 3.05) is 7.11 Å². The van der Waals surface area contributed by atoms with Crippen molar-refractivity contribution in [3.8, 4) is 0 Å². The van der Waals surface area contributed by atoms with Crippen LogP contribution in [0.5, 0.6) is 0 Å². The summed E-state index contributed by atoms with van der Waals surface area (Å²) < 4.78 is 9.54. The molecule has 12 heavy (non-hydrogen) atoms. The summed E-state index contributed by atoms with van der Waals surface area (Å²) in [5.41, 5.74) is 0.351. The highest BCUT2D eigenvalue weighted by Crippen LogP contribution is 2.30. The molecule has 0 spiro atoms. The lowest BCUT2D eigenvalue weighted by Gasteiger charge is -2.12. The molecular formula is C5H4Br2N2O2S. The average Bonchev–Trinajstić information content (AvgIpc) is 2.08. The molecule has 1 heterocycles. The molecule has 0 bridgehead atoms. The highest BCUT2D eigenvalue weighted by atomic mass is 79.9. The smallest absolute Gasteiger partial charge is 0.356 e. The fraction of sp³-hybridized carbons (Fsp3) is 0.200. The molecule has 0 saturated heterocycles. The summed E-state index contributed by atoms with van der Waals surface area (Å²) in [7, 11) is 1.32. The summed E-state index contributed by atoms with van der Waals surface area (Å²) in [5.74, 6) is -0.429. The van der Waals surface area contributed by atoms with Gasteiger partial charge in [-0.1, -0.05) is 0 Å². The van der Waals surface area contributed by atoms with Crippen LogP contribution in [0, 0.1) is 0 Å². The molecule has 0 aromatic carbocycles. The Morgan fingerprint density at radius 3 is 2.92 bits per heavy atom. The number of carbonyl (C=O) groups is 1. The molecule has 7 heteroatoms. The number of carbonyl (C=O) groups excluding carboxylic acids is 1. The van der Waals surface area contributed by atoms with Crippen LogP contribution in [0.25, 0.3) is 0 Å². The van der Waals surface area contributed by atoms with Crippen LogP contribution in [-0.4, -0.2) is 17.8 Å². The number of rotatable bonds is 1. The molecule has 1 rings (SSSR count). The summed E-state index contributed by atoms with van der Waals surface area (Å²) in [6.07, 6.45) is 0. The van der Waals surface area contributed by atoms with Crippen LogP contribution in [0.4, 0.5) is 0 Å². The van der Waals surface area contributed by atoms with Crippen molar-refractivity contribution in [1.82, 2.24) is 5.32 Å². The molecule has 1 aliphatic heterocycles. The monoisotopic (exact) mass is 314 g/mol.